The summed E-state index contributed by atoms with van der Waals surface area (Å²) in [6.45, 7) is 6.50. The van der Waals surface area contributed by atoms with E-state index in [0.717, 1.165) is 0 Å². The summed E-state index contributed by atoms with van der Waals surface area (Å²) in [4.78, 5) is 24.3. The van der Waals surface area contributed by atoms with Crippen LogP contribution in [0.5, 0.6) is 0 Å². The lowest BCUT2D eigenvalue weighted by Crippen LogP contribution is -2.38. The molecule has 5 nitrogen and oxygen atoms in total. The highest BCUT2D eigenvalue weighted by Gasteiger charge is 2.31. The number of carboxylic acids is 1. The number of hydrogen-bond acceptors (Lipinski definition) is 3. The van der Waals surface area contributed by atoms with E-state index >= 15 is 0 Å². The van der Waals surface area contributed by atoms with Crippen LogP contribution in [0.15, 0.2) is 0 Å². The first-order chi connectivity index (χ1) is 7.35. The molecule has 0 aromatic rings. The van der Waals surface area contributed by atoms with Crippen LogP contribution in [0, 0.1) is 5.41 Å². The average molecular weight is 231 g/mol. The van der Waals surface area contributed by atoms with Gasteiger partial charge < -0.3 is 14.7 Å². The van der Waals surface area contributed by atoms with Gasteiger partial charge in [-0.3, -0.25) is 9.59 Å². The Labute approximate surface area is 96.4 Å². The highest BCUT2D eigenvalue weighted by atomic mass is 16.5. The third kappa shape index (κ3) is 4.61. The number of nitrogens with zero attached hydrogens (tertiary/aromatic N) is 1. The van der Waals surface area contributed by atoms with Crippen molar-refractivity contribution in [2.45, 2.75) is 27.2 Å². The van der Waals surface area contributed by atoms with E-state index in [1.165, 1.54) is 0 Å². The number of methoxy groups -OCH3 is 1. The molecule has 0 rings (SSSR count). The van der Waals surface area contributed by atoms with Gasteiger partial charge in [0, 0.05) is 26.6 Å². The van der Waals surface area contributed by atoms with Crippen molar-refractivity contribution < 1.29 is 19.4 Å². The average Bonchev–Trinajstić information content (AvgIpc) is 2.18. The number of carboxylic acid groups (broad SMARTS) is 1. The van der Waals surface area contributed by atoms with Gasteiger partial charge in [-0.25, -0.2) is 0 Å². The van der Waals surface area contributed by atoms with Crippen LogP contribution in [0.4, 0.5) is 0 Å². The van der Waals surface area contributed by atoms with Gasteiger partial charge in [0.2, 0.25) is 5.91 Å². The largest absolute Gasteiger partial charge is 0.481 e. The van der Waals surface area contributed by atoms with Crippen LogP contribution in [0.25, 0.3) is 0 Å². The molecular formula is C11H21NO4. The molecule has 0 saturated carbocycles. The van der Waals surface area contributed by atoms with E-state index in [1.807, 2.05) is 6.92 Å². The molecule has 5 heteroatoms. The van der Waals surface area contributed by atoms with Crippen molar-refractivity contribution in [3.05, 3.63) is 0 Å². The fraction of sp³-hybridized carbons (Fsp3) is 0.818. The molecule has 0 bridgehead atoms. The fourth-order valence-corrected chi connectivity index (χ4v) is 1.23. The monoisotopic (exact) mass is 231 g/mol. The number of amides is 1. The molecule has 94 valence electrons. The summed E-state index contributed by atoms with van der Waals surface area (Å²) in [5.41, 5.74) is -1.02. The number of carbonyl (C=O) groups is 2. The number of aliphatic carboxylic acids is 1. The minimum Gasteiger partial charge on any atom is -0.481 e. The van der Waals surface area contributed by atoms with Gasteiger partial charge in [0.15, 0.2) is 0 Å². The quantitative estimate of drug-likeness (QED) is 0.709. The summed E-state index contributed by atoms with van der Waals surface area (Å²) >= 11 is 0. The van der Waals surface area contributed by atoms with E-state index in [-0.39, 0.29) is 12.3 Å². The summed E-state index contributed by atoms with van der Waals surface area (Å²) in [6, 6.07) is 0. The van der Waals surface area contributed by atoms with Crippen molar-refractivity contribution in [3.63, 3.8) is 0 Å². The summed E-state index contributed by atoms with van der Waals surface area (Å²) in [5.74, 6) is -1.10. The van der Waals surface area contributed by atoms with Crippen molar-refractivity contribution in [1.29, 1.82) is 0 Å². The fourth-order valence-electron chi connectivity index (χ4n) is 1.23. The Morgan fingerprint density at radius 2 is 1.94 bits per heavy atom. The maximum absolute atomic E-state index is 11.8. The van der Waals surface area contributed by atoms with Crippen LogP contribution in [0.1, 0.15) is 27.2 Å². The zero-order chi connectivity index (χ0) is 12.8. The zero-order valence-electron chi connectivity index (χ0n) is 10.4. The van der Waals surface area contributed by atoms with Gasteiger partial charge in [-0.1, -0.05) is 0 Å². The zero-order valence-corrected chi connectivity index (χ0v) is 10.4. The first kappa shape index (κ1) is 14.9. The van der Waals surface area contributed by atoms with Gasteiger partial charge in [0.1, 0.15) is 0 Å². The van der Waals surface area contributed by atoms with Crippen LogP contribution in [0.3, 0.4) is 0 Å². The third-order valence-corrected chi connectivity index (χ3v) is 2.47. The van der Waals surface area contributed by atoms with E-state index < -0.39 is 11.4 Å². The van der Waals surface area contributed by atoms with Crippen LogP contribution >= 0.6 is 0 Å². The second-order valence-electron chi connectivity index (χ2n) is 4.33. The first-order valence-electron chi connectivity index (χ1n) is 5.35. The van der Waals surface area contributed by atoms with E-state index in [0.29, 0.717) is 19.7 Å². The Bertz CT molecular complexity index is 250. The van der Waals surface area contributed by atoms with Crippen molar-refractivity contribution in [2.24, 2.45) is 5.41 Å². The van der Waals surface area contributed by atoms with Gasteiger partial charge in [0.05, 0.1) is 12.0 Å². The second kappa shape index (κ2) is 6.48. The molecule has 1 N–H and O–H groups in total. The van der Waals surface area contributed by atoms with Crippen LogP contribution < -0.4 is 0 Å². The van der Waals surface area contributed by atoms with Crippen molar-refractivity contribution >= 4 is 11.9 Å². The van der Waals surface area contributed by atoms with Gasteiger partial charge in [0.25, 0.3) is 0 Å². The minimum atomic E-state index is -1.02. The summed E-state index contributed by atoms with van der Waals surface area (Å²) < 4.78 is 4.89. The van der Waals surface area contributed by atoms with Crippen molar-refractivity contribution in [2.75, 3.05) is 26.8 Å². The number of rotatable bonds is 7. The highest BCUT2D eigenvalue weighted by molar-refractivity contribution is 5.84. The van der Waals surface area contributed by atoms with E-state index in [2.05, 4.69) is 0 Å². The van der Waals surface area contributed by atoms with E-state index in [9.17, 15) is 9.59 Å². The predicted octanol–water partition coefficient (Wildman–Crippen LogP) is 0.982. The molecule has 0 unspecified atom stereocenters. The molecule has 0 radical (unpaired) electrons. The Balaban J connectivity index is 4.36. The van der Waals surface area contributed by atoms with Gasteiger partial charge >= 0.3 is 5.97 Å². The Kier molecular flexibility index (Phi) is 6.03. The molecule has 0 saturated heterocycles. The SMILES string of the molecule is CCN(CCOC)C(=O)CC(C)(C)C(=O)O. The van der Waals surface area contributed by atoms with Crippen molar-refractivity contribution in [3.8, 4) is 0 Å². The molecule has 0 aliphatic heterocycles. The van der Waals surface area contributed by atoms with Crippen LogP contribution in [0.2, 0.25) is 0 Å². The maximum atomic E-state index is 11.8. The predicted molar refractivity (Wildman–Crippen MR) is 60.2 cm³/mol. The van der Waals surface area contributed by atoms with E-state index in [4.69, 9.17) is 9.84 Å². The molecular weight excluding hydrogens is 210 g/mol. The summed E-state index contributed by atoms with van der Waals surface area (Å²) in [7, 11) is 1.57. The third-order valence-electron chi connectivity index (χ3n) is 2.47. The lowest BCUT2D eigenvalue weighted by atomic mass is 9.89. The van der Waals surface area contributed by atoms with Gasteiger partial charge in [-0.05, 0) is 20.8 Å². The molecule has 0 aliphatic carbocycles. The molecule has 0 aromatic heterocycles. The highest BCUT2D eigenvalue weighted by Crippen LogP contribution is 2.21. The lowest BCUT2D eigenvalue weighted by molar-refractivity contribution is -0.151. The number of carbonyl (C=O) groups excluding carboxylic acids is 1. The maximum Gasteiger partial charge on any atom is 0.309 e. The minimum absolute atomic E-state index is 0.0138. The Morgan fingerprint density at radius 3 is 2.31 bits per heavy atom. The lowest BCUT2D eigenvalue weighted by Gasteiger charge is -2.25. The van der Waals surface area contributed by atoms with Crippen LogP contribution in [-0.4, -0.2) is 48.7 Å². The normalized spacial score (nSPS) is 11.2. The Hall–Kier alpha value is -1.10. The first-order valence-corrected chi connectivity index (χ1v) is 5.35. The smallest absolute Gasteiger partial charge is 0.309 e. The Morgan fingerprint density at radius 1 is 1.38 bits per heavy atom. The van der Waals surface area contributed by atoms with Gasteiger partial charge in [-0.15, -0.1) is 0 Å². The molecule has 0 atom stereocenters. The molecule has 16 heavy (non-hydrogen) atoms. The number of ether oxygens (including phenoxy) is 1. The summed E-state index contributed by atoms with van der Waals surface area (Å²) in [6.07, 6.45) is 0.0138. The van der Waals surface area contributed by atoms with Gasteiger partial charge in [-0.2, -0.15) is 0 Å². The molecule has 0 aliphatic rings. The molecule has 1 amide bonds. The topological polar surface area (TPSA) is 66.8 Å². The van der Waals surface area contributed by atoms with E-state index in [1.54, 1.807) is 25.9 Å². The molecule has 0 heterocycles. The molecule has 0 aromatic carbocycles. The number of hydrogen-bond donors (Lipinski definition) is 1. The van der Waals surface area contributed by atoms with Crippen LogP contribution in [-0.2, 0) is 14.3 Å². The second-order valence-corrected chi connectivity index (χ2v) is 4.33. The molecule has 0 fully saturated rings. The molecule has 0 spiro atoms. The standard InChI is InChI=1S/C11H21NO4/c1-5-12(6-7-16-4)9(13)8-11(2,3)10(14)15/h5-8H2,1-4H3,(H,14,15). The number of likely N-dealkylation sites (N-methyl/N-ethyl adjacent to an activating group) is 1. The summed E-state index contributed by atoms with van der Waals surface area (Å²) in [5, 5.41) is 8.93. The van der Waals surface area contributed by atoms with Crippen molar-refractivity contribution in [1.82, 2.24) is 4.90 Å².